The van der Waals surface area contributed by atoms with Crippen molar-refractivity contribution in [1.29, 1.82) is 0 Å². The first-order valence-electron chi connectivity index (χ1n) is 6.61. The second-order valence-corrected chi connectivity index (χ2v) is 5.07. The predicted molar refractivity (Wildman–Crippen MR) is 82.4 cm³/mol. The third kappa shape index (κ3) is 2.87. The number of halogens is 1. The molecule has 112 valence electrons. The molecule has 0 radical (unpaired) electrons. The lowest BCUT2D eigenvalue weighted by Crippen LogP contribution is -2.08. The molecule has 0 unspecified atom stereocenters. The highest BCUT2D eigenvalue weighted by molar-refractivity contribution is 6.33. The van der Waals surface area contributed by atoms with E-state index in [4.69, 9.17) is 21.2 Å². The Morgan fingerprint density at radius 1 is 1.36 bits per heavy atom. The van der Waals surface area contributed by atoms with Gasteiger partial charge >= 0.3 is 5.97 Å². The Morgan fingerprint density at radius 2 is 2.18 bits per heavy atom. The van der Waals surface area contributed by atoms with E-state index in [1.807, 2.05) is 24.3 Å². The summed E-state index contributed by atoms with van der Waals surface area (Å²) in [6.45, 7) is 0.551. The Kier molecular flexibility index (Phi) is 3.93. The number of carbonyl (C=O) groups is 1. The van der Waals surface area contributed by atoms with Gasteiger partial charge in [0.15, 0.2) is 5.58 Å². The molecule has 0 saturated heterocycles. The Hall–Kier alpha value is -2.60. The van der Waals surface area contributed by atoms with E-state index < -0.39 is 5.97 Å². The molecule has 0 spiro atoms. The highest BCUT2D eigenvalue weighted by atomic mass is 35.5. The number of nitrogens with one attached hydrogen (secondary N) is 1. The van der Waals surface area contributed by atoms with E-state index in [-0.39, 0.29) is 10.6 Å². The second-order valence-electron chi connectivity index (χ2n) is 4.66. The van der Waals surface area contributed by atoms with Crippen LogP contribution in [0.25, 0.3) is 11.0 Å². The molecule has 0 fully saturated rings. The molecule has 0 bridgehead atoms. The Labute approximate surface area is 130 Å². The van der Waals surface area contributed by atoms with E-state index in [9.17, 15) is 4.79 Å². The zero-order valence-electron chi connectivity index (χ0n) is 11.4. The summed E-state index contributed by atoms with van der Waals surface area (Å²) in [7, 11) is 0. The number of hydrogen-bond acceptors (Lipinski definition) is 5. The summed E-state index contributed by atoms with van der Waals surface area (Å²) in [4.78, 5) is 14.8. The molecule has 0 aliphatic heterocycles. The monoisotopic (exact) mass is 317 g/mol. The van der Waals surface area contributed by atoms with Gasteiger partial charge in [0.25, 0.3) is 0 Å². The molecule has 7 heteroatoms. The summed E-state index contributed by atoms with van der Waals surface area (Å²) in [5.41, 5.74) is 1.65. The Balaban J connectivity index is 1.67. The van der Waals surface area contributed by atoms with Crippen molar-refractivity contribution in [2.24, 2.45) is 0 Å². The number of hydrogen-bond donors (Lipinski definition) is 2. The van der Waals surface area contributed by atoms with Crippen LogP contribution in [-0.2, 0) is 6.42 Å². The van der Waals surface area contributed by atoms with Crippen LogP contribution in [0, 0.1) is 0 Å². The van der Waals surface area contributed by atoms with Gasteiger partial charge in [-0.15, -0.1) is 0 Å². The summed E-state index contributed by atoms with van der Waals surface area (Å²) in [6.07, 6.45) is 1.90. The van der Waals surface area contributed by atoms with E-state index in [0.29, 0.717) is 18.8 Å². The van der Waals surface area contributed by atoms with E-state index in [1.165, 1.54) is 12.3 Å². The summed E-state index contributed by atoms with van der Waals surface area (Å²) < 4.78 is 5.23. The second kappa shape index (κ2) is 6.03. The summed E-state index contributed by atoms with van der Waals surface area (Å²) in [6, 6.07) is 9.00. The van der Waals surface area contributed by atoms with Crippen LogP contribution in [0.5, 0.6) is 0 Å². The van der Waals surface area contributed by atoms with Crippen molar-refractivity contribution in [3.63, 3.8) is 0 Å². The van der Waals surface area contributed by atoms with Gasteiger partial charge in [0.1, 0.15) is 5.82 Å². The van der Waals surface area contributed by atoms with Crippen molar-refractivity contribution in [1.82, 2.24) is 10.1 Å². The number of pyridine rings is 1. The molecule has 3 aromatic rings. The van der Waals surface area contributed by atoms with E-state index >= 15 is 0 Å². The molecule has 0 saturated carbocycles. The molecule has 2 N–H and O–H groups in total. The number of benzene rings is 1. The maximum atomic E-state index is 10.8. The standard InChI is InChI=1S/C15H12ClN3O3/c16-11-7-9(15(20)21)8-18-14(11)17-6-5-12-10-3-1-2-4-13(10)22-19-12/h1-4,7-8H,5-6H2,(H,17,18)(H,20,21). The van der Waals surface area contributed by atoms with Crippen molar-refractivity contribution >= 4 is 34.4 Å². The van der Waals surface area contributed by atoms with Crippen LogP contribution < -0.4 is 5.32 Å². The highest BCUT2D eigenvalue weighted by Crippen LogP contribution is 2.21. The zero-order valence-corrected chi connectivity index (χ0v) is 12.2. The van der Waals surface area contributed by atoms with Gasteiger partial charge in [-0.2, -0.15) is 0 Å². The lowest BCUT2D eigenvalue weighted by molar-refractivity contribution is 0.0696. The van der Waals surface area contributed by atoms with E-state index in [1.54, 1.807) is 0 Å². The minimum atomic E-state index is -1.06. The molecule has 6 nitrogen and oxygen atoms in total. The van der Waals surface area contributed by atoms with Gasteiger partial charge in [-0.3, -0.25) is 0 Å². The number of aromatic carboxylic acids is 1. The predicted octanol–water partition coefficient (Wildman–Crippen LogP) is 3.23. The average molecular weight is 318 g/mol. The van der Waals surface area contributed by atoms with E-state index in [0.717, 1.165) is 16.7 Å². The Morgan fingerprint density at radius 3 is 2.95 bits per heavy atom. The van der Waals surface area contributed by atoms with Crippen molar-refractivity contribution in [3.05, 3.63) is 52.8 Å². The molecule has 22 heavy (non-hydrogen) atoms. The average Bonchev–Trinajstić information content (AvgIpc) is 2.92. The van der Waals surface area contributed by atoms with Gasteiger partial charge in [-0.25, -0.2) is 9.78 Å². The molecule has 2 heterocycles. The lowest BCUT2D eigenvalue weighted by atomic mass is 10.2. The summed E-state index contributed by atoms with van der Waals surface area (Å²) in [5, 5.41) is 17.2. The normalized spacial score (nSPS) is 10.8. The van der Waals surface area contributed by atoms with Crippen molar-refractivity contribution in [3.8, 4) is 0 Å². The number of carboxylic acid groups (broad SMARTS) is 1. The molecule has 0 atom stereocenters. The van der Waals surface area contributed by atoms with Gasteiger partial charge < -0.3 is 14.9 Å². The molecule has 2 aromatic heterocycles. The minimum Gasteiger partial charge on any atom is -0.478 e. The van der Waals surface area contributed by atoms with Crippen LogP contribution >= 0.6 is 11.6 Å². The molecule has 0 aliphatic carbocycles. The maximum Gasteiger partial charge on any atom is 0.337 e. The fraction of sp³-hybridized carbons (Fsp3) is 0.133. The number of rotatable bonds is 5. The van der Waals surface area contributed by atoms with Crippen LogP contribution in [0.4, 0.5) is 5.82 Å². The SMILES string of the molecule is O=C(O)c1cnc(NCCc2noc3ccccc23)c(Cl)c1. The van der Waals surface area contributed by atoms with Crippen molar-refractivity contribution in [2.45, 2.75) is 6.42 Å². The molecule has 3 rings (SSSR count). The third-order valence-corrected chi connectivity index (χ3v) is 3.48. The number of nitrogens with zero attached hydrogens (tertiary/aromatic N) is 2. The first-order valence-corrected chi connectivity index (χ1v) is 6.99. The number of para-hydroxylation sites is 1. The first-order chi connectivity index (χ1) is 10.6. The number of fused-ring (bicyclic) bond motifs is 1. The number of carboxylic acids is 1. The minimum absolute atomic E-state index is 0.0537. The third-order valence-electron chi connectivity index (χ3n) is 3.19. The van der Waals surface area contributed by atoms with Crippen LogP contribution in [-0.4, -0.2) is 27.8 Å². The summed E-state index contributed by atoms with van der Waals surface area (Å²) in [5.74, 6) is -0.616. The van der Waals surface area contributed by atoms with Gasteiger partial charge in [-0.1, -0.05) is 28.9 Å². The van der Waals surface area contributed by atoms with Crippen LogP contribution in [0.3, 0.4) is 0 Å². The zero-order chi connectivity index (χ0) is 15.5. The van der Waals surface area contributed by atoms with Gasteiger partial charge in [0.05, 0.1) is 16.3 Å². The van der Waals surface area contributed by atoms with Crippen molar-refractivity contribution in [2.75, 3.05) is 11.9 Å². The van der Waals surface area contributed by atoms with Gasteiger partial charge in [-0.05, 0) is 18.2 Å². The maximum absolute atomic E-state index is 10.8. The molecule has 0 amide bonds. The van der Waals surface area contributed by atoms with Crippen LogP contribution in [0.15, 0.2) is 41.1 Å². The van der Waals surface area contributed by atoms with Gasteiger partial charge in [0.2, 0.25) is 0 Å². The topological polar surface area (TPSA) is 88.2 Å². The molecule has 0 aliphatic rings. The van der Waals surface area contributed by atoms with E-state index in [2.05, 4.69) is 15.5 Å². The fourth-order valence-corrected chi connectivity index (χ4v) is 2.34. The van der Waals surface area contributed by atoms with Gasteiger partial charge in [0, 0.05) is 24.5 Å². The molecular formula is C15H12ClN3O3. The Bertz CT molecular complexity index is 832. The number of anilines is 1. The number of aromatic nitrogens is 2. The fourth-order valence-electron chi connectivity index (χ4n) is 2.10. The molecular weight excluding hydrogens is 306 g/mol. The quantitative estimate of drug-likeness (QED) is 0.751. The van der Waals surface area contributed by atoms with Crippen LogP contribution in [0.1, 0.15) is 16.1 Å². The largest absolute Gasteiger partial charge is 0.478 e. The molecule has 1 aromatic carbocycles. The summed E-state index contributed by atoms with van der Waals surface area (Å²) >= 11 is 6.01. The van der Waals surface area contributed by atoms with Crippen molar-refractivity contribution < 1.29 is 14.4 Å². The lowest BCUT2D eigenvalue weighted by Gasteiger charge is -2.06. The first kappa shape index (κ1) is 14.3. The van der Waals surface area contributed by atoms with Crippen LogP contribution in [0.2, 0.25) is 5.02 Å². The smallest absolute Gasteiger partial charge is 0.337 e. The highest BCUT2D eigenvalue weighted by Gasteiger charge is 2.10.